The summed E-state index contributed by atoms with van der Waals surface area (Å²) in [4.78, 5) is 2.81. The number of aryl methyl sites for hydroxylation is 1. The lowest BCUT2D eigenvalue weighted by atomic mass is 9.96. The van der Waals surface area contributed by atoms with Gasteiger partial charge in [0.25, 0.3) is 0 Å². The van der Waals surface area contributed by atoms with E-state index in [2.05, 4.69) is 64.2 Å². The number of nitrogens with two attached hydrogens (primary N) is 1. The van der Waals surface area contributed by atoms with E-state index >= 15 is 0 Å². The van der Waals surface area contributed by atoms with Crippen molar-refractivity contribution in [2.75, 3.05) is 4.90 Å². The van der Waals surface area contributed by atoms with Crippen molar-refractivity contribution in [3.05, 3.63) is 58.1 Å². The first-order valence-corrected chi connectivity index (χ1v) is 8.24. The molecule has 0 amide bonds. The zero-order chi connectivity index (χ0) is 15.0. The van der Waals surface area contributed by atoms with Crippen LogP contribution in [0.3, 0.4) is 0 Å². The minimum absolute atomic E-state index is 0.417. The van der Waals surface area contributed by atoms with Gasteiger partial charge in [0.1, 0.15) is 4.99 Å². The van der Waals surface area contributed by atoms with E-state index in [9.17, 15) is 0 Å². The molecule has 2 N–H and O–H groups in total. The van der Waals surface area contributed by atoms with Gasteiger partial charge in [0, 0.05) is 27.5 Å². The van der Waals surface area contributed by atoms with Crippen LogP contribution in [0.2, 0.25) is 0 Å². The smallest absolute Gasteiger partial charge is 0.105 e. The molecule has 0 aromatic heterocycles. The number of benzene rings is 2. The number of anilines is 2. The van der Waals surface area contributed by atoms with Gasteiger partial charge < -0.3 is 10.6 Å². The predicted molar refractivity (Wildman–Crippen MR) is 96.4 cm³/mol. The molecule has 1 aliphatic rings. The van der Waals surface area contributed by atoms with Gasteiger partial charge in [-0.1, -0.05) is 30.4 Å². The summed E-state index contributed by atoms with van der Waals surface area (Å²) in [6.45, 7) is 2.27. The zero-order valence-corrected chi connectivity index (χ0v) is 14.2. The van der Waals surface area contributed by atoms with Crippen LogP contribution >= 0.6 is 28.1 Å². The molecule has 2 nitrogen and oxygen atoms in total. The summed E-state index contributed by atoms with van der Waals surface area (Å²) in [5.74, 6) is 0. The second kappa shape index (κ2) is 5.78. The number of para-hydroxylation sites is 1. The summed E-state index contributed by atoms with van der Waals surface area (Å²) < 4.78 is 0.947. The van der Waals surface area contributed by atoms with Crippen molar-refractivity contribution in [1.82, 2.24) is 0 Å². The molecule has 1 atom stereocenters. The molecule has 0 aliphatic carbocycles. The molecule has 0 bridgehead atoms. The summed E-state index contributed by atoms with van der Waals surface area (Å²) in [6.07, 6.45) is 2.30. The molecule has 108 valence electrons. The molecule has 2 aromatic carbocycles. The van der Waals surface area contributed by atoms with E-state index in [1.165, 1.54) is 16.9 Å². The average molecular weight is 361 g/mol. The van der Waals surface area contributed by atoms with Crippen molar-refractivity contribution in [2.45, 2.75) is 25.8 Å². The van der Waals surface area contributed by atoms with Gasteiger partial charge >= 0.3 is 0 Å². The molecule has 2 aromatic rings. The minimum atomic E-state index is 0.417. The maximum atomic E-state index is 5.73. The first kappa shape index (κ1) is 14.5. The molecule has 1 unspecified atom stereocenters. The minimum Gasteiger partial charge on any atom is -0.389 e. The molecule has 0 saturated carbocycles. The van der Waals surface area contributed by atoms with Gasteiger partial charge in [-0.3, -0.25) is 0 Å². The fourth-order valence-electron chi connectivity index (χ4n) is 2.94. The van der Waals surface area contributed by atoms with E-state index in [1.54, 1.807) is 0 Å². The van der Waals surface area contributed by atoms with E-state index in [1.807, 2.05) is 6.07 Å². The summed E-state index contributed by atoms with van der Waals surface area (Å²) in [6, 6.07) is 15.3. The van der Waals surface area contributed by atoms with E-state index in [0.29, 0.717) is 11.0 Å². The van der Waals surface area contributed by atoms with Gasteiger partial charge in [-0.15, -0.1) is 0 Å². The van der Waals surface area contributed by atoms with Crippen molar-refractivity contribution >= 4 is 44.5 Å². The number of halogens is 1. The first-order chi connectivity index (χ1) is 10.1. The Balaban J connectivity index is 2.07. The third kappa shape index (κ3) is 2.70. The van der Waals surface area contributed by atoms with Crippen LogP contribution in [-0.4, -0.2) is 11.0 Å². The highest BCUT2D eigenvalue weighted by atomic mass is 79.9. The predicted octanol–water partition coefficient (Wildman–Crippen LogP) is 4.56. The average Bonchev–Trinajstić information content (AvgIpc) is 2.46. The second-order valence-electron chi connectivity index (χ2n) is 5.41. The van der Waals surface area contributed by atoms with Gasteiger partial charge in [0.15, 0.2) is 0 Å². The fraction of sp³-hybridized carbons (Fsp3) is 0.235. The highest BCUT2D eigenvalue weighted by molar-refractivity contribution is 9.10. The van der Waals surface area contributed by atoms with Gasteiger partial charge in [0.2, 0.25) is 0 Å². The molecule has 21 heavy (non-hydrogen) atoms. The Kier molecular flexibility index (Phi) is 4.00. The monoisotopic (exact) mass is 360 g/mol. The Morgan fingerprint density at radius 3 is 2.76 bits per heavy atom. The molecule has 0 radical (unpaired) electrons. The van der Waals surface area contributed by atoms with Crippen LogP contribution in [0.1, 0.15) is 24.5 Å². The quantitative estimate of drug-likeness (QED) is 0.796. The molecule has 0 spiro atoms. The number of rotatable bonds is 2. The Morgan fingerprint density at radius 1 is 1.29 bits per heavy atom. The summed E-state index contributed by atoms with van der Waals surface area (Å²) in [7, 11) is 0. The number of hydrogen-bond donors (Lipinski definition) is 1. The maximum Gasteiger partial charge on any atom is 0.105 e. The Hall–Kier alpha value is -1.39. The van der Waals surface area contributed by atoms with E-state index < -0.39 is 0 Å². The van der Waals surface area contributed by atoms with Crippen LogP contribution in [0.25, 0.3) is 0 Å². The van der Waals surface area contributed by atoms with Crippen LogP contribution in [0.5, 0.6) is 0 Å². The molecule has 3 rings (SSSR count). The zero-order valence-electron chi connectivity index (χ0n) is 11.8. The largest absolute Gasteiger partial charge is 0.389 e. The van der Waals surface area contributed by atoms with Crippen molar-refractivity contribution in [3.8, 4) is 0 Å². The Bertz CT molecular complexity index is 699. The van der Waals surface area contributed by atoms with Gasteiger partial charge in [-0.05, 0) is 65.5 Å². The molecule has 0 fully saturated rings. The normalized spacial score (nSPS) is 17.4. The van der Waals surface area contributed by atoms with E-state index in [-0.39, 0.29) is 0 Å². The molecule has 4 heteroatoms. The number of thiocarbonyl (C=S) groups is 1. The molecular weight excluding hydrogens is 344 g/mol. The highest BCUT2D eigenvalue weighted by Crippen LogP contribution is 2.38. The van der Waals surface area contributed by atoms with Crippen LogP contribution < -0.4 is 10.6 Å². The third-order valence-electron chi connectivity index (χ3n) is 4.02. The van der Waals surface area contributed by atoms with Crippen LogP contribution in [-0.2, 0) is 6.42 Å². The van der Waals surface area contributed by atoms with Crippen molar-refractivity contribution in [2.24, 2.45) is 5.73 Å². The van der Waals surface area contributed by atoms with Crippen LogP contribution in [0, 0.1) is 0 Å². The summed E-state index contributed by atoms with van der Waals surface area (Å²) in [5, 5.41) is 0. The van der Waals surface area contributed by atoms with Crippen molar-refractivity contribution in [1.29, 1.82) is 0 Å². The summed E-state index contributed by atoms with van der Waals surface area (Å²) in [5.41, 5.74) is 10.5. The molecule has 1 heterocycles. The lowest BCUT2D eigenvalue weighted by molar-refractivity contribution is 0.618. The number of nitrogens with zero attached hydrogens (tertiary/aromatic N) is 1. The molecular formula is C17H17BrN2S. The summed E-state index contributed by atoms with van der Waals surface area (Å²) >= 11 is 8.65. The van der Waals surface area contributed by atoms with E-state index in [0.717, 1.165) is 22.9 Å². The standard InChI is InChI=1S/C17H17BrN2S/c1-11-6-7-12-4-2-3-5-16(12)20(11)13-8-9-14(17(19)21)15(18)10-13/h2-5,8-11H,6-7H2,1H3,(H2,19,21). The van der Waals surface area contributed by atoms with Gasteiger partial charge in [-0.2, -0.15) is 0 Å². The fourth-order valence-corrected chi connectivity index (χ4v) is 3.82. The van der Waals surface area contributed by atoms with E-state index in [4.69, 9.17) is 18.0 Å². The van der Waals surface area contributed by atoms with Gasteiger partial charge in [0.05, 0.1) is 0 Å². The van der Waals surface area contributed by atoms with Crippen molar-refractivity contribution in [3.63, 3.8) is 0 Å². The topological polar surface area (TPSA) is 29.3 Å². The number of hydrogen-bond acceptors (Lipinski definition) is 2. The lowest BCUT2D eigenvalue weighted by Crippen LogP contribution is -2.33. The number of fused-ring (bicyclic) bond motifs is 1. The van der Waals surface area contributed by atoms with Crippen LogP contribution in [0.4, 0.5) is 11.4 Å². The lowest BCUT2D eigenvalue weighted by Gasteiger charge is -2.37. The second-order valence-corrected chi connectivity index (χ2v) is 6.71. The Labute approximate surface area is 139 Å². The van der Waals surface area contributed by atoms with Crippen molar-refractivity contribution < 1.29 is 0 Å². The molecule has 0 saturated heterocycles. The highest BCUT2D eigenvalue weighted by Gasteiger charge is 2.24. The third-order valence-corrected chi connectivity index (χ3v) is 4.90. The van der Waals surface area contributed by atoms with Gasteiger partial charge in [-0.25, -0.2) is 0 Å². The SMILES string of the molecule is CC1CCc2ccccc2N1c1ccc(C(N)=S)c(Br)c1. The Morgan fingerprint density at radius 2 is 2.05 bits per heavy atom. The van der Waals surface area contributed by atoms with Crippen LogP contribution in [0.15, 0.2) is 46.9 Å². The first-order valence-electron chi connectivity index (χ1n) is 7.04. The maximum absolute atomic E-state index is 5.73. The molecule has 1 aliphatic heterocycles.